The fourth-order valence-corrected chi connectivity index (χ4v) is 3.03. The van der Waals surface area contributed by atoms with Crippen molar-refractivity contribution >= 4 is 27.4 Å². The minimum Gasteiger partial charge on any atom is -0.372 e. The van der Waals surface area contributed by atoms with Crippen molar-refractivity contribution in [3.05, 3.63) is 17.3 Å². The molecule has 0 spiro atoms. The lowest BCUT2D eigenvalue weighted by Crippen LogP contribution is -2.42. The van der Waals surface area contributed by atoms with Gasteiger partial charge in [-0.05, 0) is 26.3 Å². The number of hydrogen-bond donors (Lipinski definition) is 2. The zero-order chi connectivity index (χ0) is 14.0. The molecule has 1 rings (SSSR count). The molecule has 0 unspecified atom stereocenters. The van der Waals surface area contributed by atoms with Crippen molar-refractivity contribution in [3.63, 3.8) is 0 Å². The summed E-state index contributed by atoms with van der Waals surface area (Å²) in [4.78, 5) is 4.02. The molecule has 2 N–H and O–H groups in total. The first-order valence-electron chi connectivity index (χ1n) is 5.59. The van der Waals surface area contributed by atoms with Crippen LogP contribution in [0.4, 0.5) is 5.82 Å². The lowest BCUT2D eigenvalue weighted by atomic mass is 10.0. The Bertz CT molecular complexity index is 529. The summed E-state index contributed by atoms with van der Waals surface area (Å²) in [7, 11) is -1.93. The van der Waals surface area contributed by atoms with Gasteiger partial charge in [0.15, 0.2) is 0 Å². The molecule has 0 amide bonds. The SMILES string of the molecule is CCC(C)(C)NS(=O)(=O)c1cnc(NC)c(Cl)c1. The number of sulfonamides is 1. The Kier molecular flexibility index (Phi) is 4.58. The molecule has 1 heterocycles. The standard InChI is InChI=1S/C11H18ClN3O2S/c1-5-11(2,3)15-18(16,17)8-6-9(12)10(13-4)14-7-8/h6-7,15H,5H2,1-4H3,(H,13,14). The molecule has 0 aliphatic heterocycles. The second-order valence-corrected chi connectivity index (χ2v) is 6.68. The van der Waals surface area contributed by atoms with E-state index in [2.05, 4.69) is 15.0 Å². The zero-order valence-corrected chi connectivity index (χ0v) is 12.5. The highest BCUT2D eigenvalue weighted by Crippen LogP contribution is 2.23. The monoisotopic (exact) mass is 291 g/mol. The van der Waals surface area contributed by atoms with Crippen LogP contribution in [-0.4, -0.2) is 26.0 Å². The van der Waals surface area contributed by atoms with Gasteiger partial charge in [0.25, 0.3) is 0 Å². The number of anilines is 1. The molecule has 0 bridgehead atoms. The normalized spacial score (nSPS) is 12.5. The van der Waals surface area contributed by atoms with Crippen molar-refractivity contribution in [2.75, 3.05) is 12.4 Å². The van der Waals surface area contributed by atoms with Crippen LogP contribution >= 0.6 is 11.6 Å². The number of halogens is 1. The number of rotatable bonds is 5. The quantitative estimate of drug-likeness (QED) is 0.873. The van der Waals surface area contributed by atoms with Gasteiger partial charge in [0.2, 0.25) is 10.0 Å². The Hall–Kier alpha value is -0.850. The maximum atomic E-state index is 12.1. The fraction of sp³-hybridized carbons (Fsp3) is 0.545. The van der Waals surface area contributed by atoms with Gasteiger partial charge in [0.1, 0.15) is 10.7 Å². The van der Waals surface area contributed by atoms with E-state index in [1.165, 1.54) is 12.3 Å². The third-order valence-corrected chi connectivity index (χ3v) is 4.61. The molecule has 0 aliphatic carbocycles. The molecule has 102 valence electrons. The molecule has 0 fully saturated rings. The summed E-state index contributed by atoms with van der Waals surface area (Å²) in [6.07, 6.45) is 1.97. The predicted molar refractivity (Wildman–Crippen MR) is 73.5 cm³/mol. The summed E-state index contributed by atoms with van der Waals surface area (Å²) in [6.45, 7) is 5.56. The van der Waals surface area contributed by atoms with E-state index in [4.69, 9.17) is 11.6 Å². The van der Waals surface area contributed by atoms with Gasteiger partial charge in [-0.3, -0.25) is 0 Å². The van der Waals surface area contributed by atoms with Crippen LogP contribution < -0.4 is 10.0 Å². The van der Waals surface area contributed by atoms with Crippen LogP contribution in [0.25, 0.3) is 0 Å². The summed E-state index contributed by atoms with van der Waals surface area (Å²) >= 11 is 5.92. The Labute approximate surface area is 113 Å². The number of nitrogens with one attached hydrogen (secondary N) is 2. The average Bonchev–Trinajstić information content (AvgIpc) is 2.27. The van der Waals surface area contributed by atoms with Gasteiger partial charge in [-0.15, -0.1) is 0 Å². The first-order chi connectivity index (χ1) is 8.22. The van der Waals surface area contributed by atoms with E-state index in [0.29, 0.717) is 12.2 Å². The van der Waals surface area contributed by atoms with Crippen molar-refractivity contribution in [1.82, 2.24) is 9.71 Å². The van der Waals surface area contributed by atoms with Crippen LogP contribution in [0.1, 0.15) is 27.2 Å². The van der Waals surface area contributed by atoms with Crippen LogP contribution in [0, 0.1) is 0 Å². The largest absolute Gasteiger partial charge is 0.372 e. The second-order valence-electron chi connectivity index (χ2n) is 4.59. The maximum Gasteiger partial charge on any atom is 0.242 e. The number of nitrogens with zero attached hydrogens (tertiary/aromatic N) is 1. The van der Waals surface area contributed by atoms with E-state index in [9.17, 15) is 8.42 Å². The topological polar surface area (TPSA) is 71.1 Å². The molecule has 0 aromatic carbocycles. The van der Waals surface area contributed by atoms with Gasteiger partial charge in [-0.1, -0.05) is 18.5 Å². The van der Waals surface area contributed by atoms with E-state index < -0.39 is 15.6 Å². The van der Waals surface area contributed by atoms with Crippen molar-refractivity contribution < 1.29 is 8.42 Å². The van der Waals surface area contributed by atoms with Crippen molar-refractivity contribution in [2.45, 2.75) is 37.6 Å². The van der Waals surface area contributed by atoms with Crippen molar-refractivity contribution in [2.24, 2.45) is 0 Å². The predicted octanol–water partition coefficient (Wildman–Crippen LogP) is 2.24. The highest BCUT2D eigenvalue weighted by atomic mass is 35.5. The minimum absolute atomic E-state index is 0.0630. The molecule has 1 aromatic heterocycles. The van der Waals surface area contributed by atoms with E-state index >= 15 is 0 Å². The molecule has 0 saturated heterocycles. The Morgan fingerprint density at radius 1 is 1.44 bits per heavy atom. The van der Waals surface area contributed by atoms with Gasteiger partial charge in [-0.25, -0.2) is 18.1 Å². The molecule has 18 heavy (non-hydrogen) atoms. The molecule has 0 saturated carbocycles. The summed E-state index contributed by atoms with van der Waals surface area (Å²) in [5.41, 5.74) is -0.507. The summed E-state index contributed by atoms with van der Waals surface area (Å²) in [5, 5.41) is 3.05. The molecule has 0 atom stereocenters. The number of pyridine rings is 1. The molecular weight excluding hydrogens is 274 g/mol. The van der Waals surface area contributed by atoms with E-state index in [-0.39, 0.29) is 9.92 Å². The summed E-state index contributed by atoms with van der Waals surface area (Å²) in [6, 6.07) is 1.38. The molecule has 0 radical (unpaired) electrons. The third kappa shape index (κ3) is 3.57. The highest BCUT2D eigenvalue weighted by molar-refractivity contribution is 7.89. The van der Waals surface area contributed by atoms with Gasteiger partial charge in [0, 0.05) is 18.8 Å². The molecule has 5 nitrogen and oxygen atoms in total. The first-order valence-corrected chi connectivity index (χ1v) is 7.45. The Morgan fingerprint density at radius 3 is 2.50 bits per heavy atom. The first kappa shape index (κ1) is 15.2. The molecule has 7 heteroatoms. The highest BCUT2D eigenvalue weighted by Gasteiger charge is 2.25. The van der Waals surface area contributed by atoms with Crippen LogP contribution in [0.15, 0.2) is 17.2 Å². The Balaban J connectivity index is 3.10. The zero-order valence-electron chi connectivity index (χ0n) is 10.9. The summed E-state index contributed by atoms with van der Waals surface area (Å²) < 4.78 is 26.9. The van der Waals surface area contributed by atoms with Gasteiger partial charge >= 0.3 is 0 Å². The van der Waals surface area contributed by atoms with Crippen molar-refractivity contribution in [3.8, 4) is 0 Å². The Morgan fingerprint density at radius 2 is 2.06 bits per heavy atom. The lowest BCUT2D eigenvalue weighted by Gasteiger charge is -2.24. The van der Waals surface area contributed by atoms with Gasteiger partial charge in [0.05, 0.1) is 5.02 Å². The van der Waals surface area contributed by atoms with Gasteiger partial charge < -0.3 is 5.32 Å². The number of aromatic nitrogens is 1. The lowest BCUT2D eigenvalue weighted by molar-refractivity contribution is 0.439. The maximum absolute atomic E-state index is 12.1. The number of hydrogen-bond acceptors (Lipinski definition) is 4. The van der Waals surface area contributed by atoms with Crippen LogP contribution in [0.2, 0.25) is 5.02 Å². The van der Waals surface area contributed by atoms with Crippen LogP contribution in [0.3, 0.4) is 0 Å². The molecular formula is C11H18ClN3O2S. The van der Waals surface area contributed by atoms with Crippen LogP contribution in [0.5, 0.6) is 0 Å². The second kappa shape index (κ2) is 5.42. The average molecular weight is 292 g/mol. The van der Waals surface area contributed by atoms with Crippen LogP contribution in [-0.2, 0) is 10.0 Å². The smallest absolute Gasteiger partial charge is 0.242 e. The van der Waals surface area contributed by atoms with E-state index in [1.54, 1.807) is 7.05 Å². The fourth-order valence-electron chi connectivity index (χ4n) is 1.25. The van der Waals surface area contributed by atoms with E-state index in [1.807, 2.05) is 20.8 Å². The van der Waals surface area contributed by atoms with E-state index in [0.717, 1.165) is 0 Å². The van der Waals surface area contributed by atoms with Crippen molar-refractivity contribution in [1.29, 1.82) is 0 Å². The third-order valence-electron chi connectivity index (χ3n) is 2.66. The molecule has 0 aliphatic rings. The minimum atomic E-state index is -3.60. The van der Waals surface area contributed by atoms with Gasteiger partial charge in [-0.2, -0.15) is 0 Å². The molecule has 1 aromatic rings. The summed E-state index contributed by atoms with van der Waals surface area (Å²) in [5.74, 6) is 0.449.